The monoisotopic (exact) mass is 329 g/mol. The van der Waals surface area contributed by atoms with Crippen molar-refractivity contribution in [3.63, 3.8) is 0 Å². The third kappa shape index (κ3) is 3.54. The lowest BCUT2D eigenvalue weighted by atomic mass is 10.2. The largest absolute Gasteiger partial charge is 0.459 e. The van der Waals surface area contributed by atoms with Crippen LogP contribution in [0.3, 0.4) is 0 Å². The number of carbonyl (C=O) groups excluding carboxylic acids is 2. The molecular formula is C16H19N5O3. The van der Waals surface area contributed by atoms with Crippen molar-refractivity contribution in [2.24, 2.45) is 5.73 Å². The van der Waals surface area contributed by atoms with Crippen LogP contribution >= 0.6 is 0 Å². The first kappa shape index (κ1) is 16.0. The molecule has 0 atom stereocenters. The van der Waals surface area contributed by atoms with E-state index in [0.29, 0.717) is 37.6 Å². The van der Waals surface area contributed by atoms with Crippen molar-refractivity contribution in [2.75, 3.05) is 42.9 Å². The number of pyridine rings is 1. The average molecular weight is 329 g/mol. The SMILES string of the molecule is NCC(=O)Nc1ccc(N2CCN(C(=O)c3ccco3)CC2)nc1. The molecule has 2 amide bonds. The standard InChI is InChI=1S/C16H19N5O3/c17-10-15(22)19-12-3-4-14(18-11-12)20-5-7-21(8-6-20)16(23)13-2-1-9-24-13/h1-4,9,11H,5-8,10,17H2,(H,19,22). The maximum atomic E-state index is 12.2. The third-order valence-corrected chi connectivity index (χ3v) is 3.84. The number of carbonyl (C=O) groups is 2. The topological polar surface area (TPSA) is 105 Å². The van der Waals surface area contributed by atoms with Crippen molar-refractivity contribution in [1.29, 1.82) is 0 Å². The number of piperazine rings is 1. The first-order valence-corrected chi connectivity index (χ1v) is 7.71. The lowest BCUT2D eigenvalue weighted by molar-refractivity contribution is -0.114. The second kappa shape index (κ2) is 7.14. The second-order valence-electron chi connectivity index (χ2n) is 5.41. The molecule has 3 rings (SSSR count). The van der Waals surface area contributed by atoms with E-state index in [2.05, 4.69) is 15.2 Å². The molecule has 0 spiro atoms. The van der Waals surface area contributed by atoms with Crippen LogP contribution in [0.15, 0.2) is 41.1 Å². The number of nitrogens with two attached hydrogens (primary N) is 1. The minimum atomic E-state index is -0.255. The van der Waals surface area contributed by atoms with Crippen LogP contribution in [0, 0.1) is 0 Å². The molecule has 1 saturated heterocycles. The number of anilines is 2. The molecule has 8 heteroatoms. The van der Waals surface area contributed by atoms with Crippen LogP contribution in [0.1, 0.15) is 10.6 Å². The van der Waals surface area contributed by atoms with Gasteiger partial charge in [-0.25, -0.2) is 4.98 Å². The maximum absolute atomic E-state index is 12.2. The average Bonchev–Trinajstić information content (AvgIpc) is 3.16. The fraction of sp³-hybridized carbons (Fsp3) is 0.312. The molecule has 2 aromatic heterocycles. The van der Waals surface area contributed by atoms with Gasteiger partial charge in [0.05, 0.1) is 24.7 Å². The Hall–Kier alpha value is -2.87. The summed E-state index contributed by atoms with van der Waals surface area (Å²) >= 11 is 0. The van der Waals surface area contributed by atoms with Gasteiger partial charge in [-0.1, -0.05) is 0 Å². The van der Waals surface area contributed by atoms with Crippen molar-refractivity contribution in [3.8, 4) is 0 Å². The van der Waals surface area contributed by atoms with Crippen LogP contribution in [-0.2, 0) is 4.79 Å². The van der Waals surface area contributed by atoms with E-state index < -0.39 is 0 Å². The first-order chi connectivity index (χ1) is 11.7. The number of furan rings is 1. The minimum absolute atomic E-state index is 0.0621. The summed E-state index contributed by atoms with van der Waals surface area (Å²) in [5, 5.41) is 2.65. The predicted octanol–water partition coefficient (Wildman–Crippen LogP) is 0.534. The van der Waals surface area contributed by atoms with E-state index >= 15 is 0 Å². The molecule has 3 heterocycles. The van der Waals surface area contributed by atoms with Gasteiger partial charge in [0, 0.05) is 26.2 Å². The highest BCUT2D eigenvalue weighted by atomic mass is 16.3. The van der Waals surface area contributed by atoms with Crippen molar-refractivity contribution in [1.82, 2.24) is 9.88 Å². The number of rotatable bonds is 4. The highest BCUT2D eigenvalue weighted by Gasteiger charge is 2.24. The van der Waals surface area contributed by atoms with Crippen LogP contribution < -0.4 is 16.0 Å². The summed E-state index contributed by atoms with van der Waals surface area (Å²) in [5.41, 5.74) is 5.87. The van der Waals surface area contributed by atoms with E-state index in [-0.39, 0.29) is 18.4 Å². The van der Waals surface area contributed by atoms with Crippen LogP contribution in [0.5, 0.6) is 0 Å². The molecule has 0 aromatic carbocycles. The first-order valence-electron chi connectivity index (χ1n) is 7.71. The molecule has 0 aliphatic carbocycles. The summed E-state index contributed by atoms with van der Waals surface area (Å²) in [6, 6.07) is 7.01. The van der Waals surface area contributed by atoms with Gasteiger partial charge in [0.2, 0.25) is 5.91 Å². The fourth-order valence-electron chi connectivity index (χ4n) is 2.55. The van der Waals surface area contributed by atoms with Gasteiger partial charge in [0.15, 0.2) is 5.76 Å². The number of amides is 2. The maximum Gasteiger partial charge on any atom is 0.289 e. The predicted molar refractivity (Wildman–Crippen MR) is 88.7 cm³/mol. The summed E-state index contributed by atoms with van der Waals surface area (Å²) in [5.74, 6) is 0.828. The van der Waals surface area contributed by atoms with Crippen molar-refractivity contribution in [3.05, 3.63) is 42.5 Å². The van der Waals surface area contributed by atoms with Crippen molar-refractivity contribution in [2.45, 2.75) is 0 Å². The third-order valence-electron chi connectivity index (χ3n) is 3.84. The van der Waals surface area contributed by atoms with E-state index in [9.17, 15) is 9.59 Å². The minimum Gasteiger partial charge on any atom is -0.459 e. The lowest BCUT2D eigenvalue weighted by Gasteiger charge is -2.35. The van der Waals surface area contributed by atoms with Gasteiger partial charge in [-0.15, -0.1) is 0 Å². The highest BCUT2D eigenvalue weighted by Crippen LogP contribution is 2.17. The van der Waals surface area contributed by atoms with E-state index in [1.807, 2.05) is 6.07 Å². The molecule has 0 unspecified atom stereocenters. The zero-order valence-corrected chi connectivity index (χ0v) is 13.1. The molecule has 1 fully saturated rings. The number of nitrogens with zero attached hydrogens (tertiary/aromatic N) is 3. The Morgan fingerprint density at radius 3 is 2.58 bits per heavy atom. The number of hydrogen-bond acceptors (Lipinski definition) is 6. The zero-order valence-electron chi connectivity index (χ0n) is 13.1. The molecular weight excluding hydrogens is 310 g/mol. The molecule has 24 heavy (non-hydrogen) atoms. The van der Waals surface area contributed by atoms with E-state index in [0.717, 1.165) is 5.82 Å². The number of aromatic nitrogens is 1. The van der Waals surface area contributed by atoms with Crippen LogP contribution in [0.4, 0.5) is 11.5 Å². The summed E-state index contributed by atoms with van der Waals surface area (Å²) in [4.78, 5) is 31.7. The van der Waals surface area contributed by atoms with Gasteiger partial charge in [-0.05, 0) is 24.3 Å². The Bertz CT molecular complexity index is 691. The smallest absolute Gasteiger partial charge is 0.289 e. The molecule has 0 bridgehead atoms. The van der Waals surface area contributed by atoms with E-state index in [1.165, 1.54) is 6.26 Å². The van der Waals surface area contributed by atoms with Gasteiger partial charge in [-0.2, -0.15) is 0 Å². The van der Waals surface area contributed by atoms with Crippen molar-refractivity contribution >= 4 is 23.3 Å². The van der Waals surface area contributed by atoms with Crippen LogP contribution in [0.2, 0.25) is 0 Å². The highest BCUT2D eigenvalue weighted by molar-refractivity contribution is 5.92. The zero-order chi connectivity index (χ0) is 16.9. The summed E-state index contributed by atoms with van der Waals surface area (Å²) in [6.45, 7) is 2.52. The van der Waals surface area contributed by atoms with Gasteiger partial charge in [-0.3, -0.25) is 9.59 Å². The molecule has 0 saturated carbocycles. The normalized spacial score (nSPS) is 14.5. The Labute approximate surface area is 139 Å². The van der Waals surface area contributed by atoms with Gasteiger partial charge in [0.1, 0.15) is 5.82 Å². The summed E-state index contributed by atoms with van der Waals surface area (Å²) in [7, 11) is 0. The second-order valence-corrected chi connectivity index (χ2v) is 5.41. The van der Waals surface area contributed by atoms with Gasteiger partial charge < -0.3 is 25.3 Å². The number of nitrogens with one attached hydrogen (secondary N) is 1. The molecule has 3 N–H and O–H groups in total. The van der Waals surface area contributed by atoms with Gasteiger partial charge in [0.25, 0.3) is 5.91 Å². The lowest BCUT2D eigenvalue weighted by Crippen LogP contribution is -2.49. The Kier molecular flexibility index (Phi) is 4.76. The van der Waals surface area contributed by atoms with E-state index in [4.69, 9.17) is 10.2 Å². The molecule has 0 radical (unpaired) electrons. The summed E-state index contributed by atoms with van der Waals surface area (Å²) in [6.07, 6.45) is 3.10. The Morgan fingerprint density at radius 2 is 2.00 bits per heavy atom. The fourth-order valence-corrected chi connectivity index (χ4v) is 2.55. The summed E-state index contributed by atoms with van der Waals surface area (Å²) < 4.78 is 5.15. The van der Waals surface area contributed by atoms with Crippen LogP contribution in [-0.4, -0.2) is 54.4 Å². The molecule has 126 valence electrons. The molecule has 8 nitrogen and oxygen atoms in total. The van der Waals surface area contributed by atoms with Crippen LogP contribution in [0.25, 0.3) is 0 Å². The van der Waals surface area contributed by atoms with E-state index in [1.54, 1.807) is 29.3 Å². The Morgan fingerprint density at radius 1 is 1.21 bits per heavy atom. The quantitative estimate of drug-likeness (QED) is 0.848. The van der Waals surface area contributed by atoms with Gasteiger partial charge >= 0.3 is 0 Å². The van der Waals surface area contributed by atoms with Crippen molar-refractivity contribution < 1.29 is 14.0 Å². The molecule has 2 aromatic rings. The molecule has 1 aliphatic rings. The Balaban J connectivity index is 1.56. The molecule has 1 aliphatic heterocycles. The number of hydrogen-bond donors (Lipinski definition) is 2.